The molecule has 5 heteroatoms. The SMILES string of the molecule is CN(C)Cc1c(C(=O)NCCCCN)oc2ccccc12. The molecule has 2 rings (SSSR count). The predicted octanol–water partition coefficient (Wildman–Crippen LogP) is 1.96. The molecule has 1 amide bonds. The fourth-order valence-electron chi connectivity index (χ4n) is 2.31. The zero-order chi connectivity index (χ0) is 15.2. The Hall–Kier alpha value is -1.85. The Labute approximate surface area is 125 Å². The Morgan fingerprint density at radius 1 is 1.29 bits per heavy atom. The van der Waals surface area contributed by atoms with Gasteiger partial charge in [0.25, 0.3) is 5.91 Å². The van der Waals surface area contributed by atoms with Crippen molar-refractivity contribution in [1.29, 1.82) is 0 Å². The van der Waals surface area contributed by atoms with Crippen LogP contribution in [0.4, 0.5) is 0 Å². The van der Waals surface area contributed by atoms with Crippen LogP contribution in [0.5, 0.6) is 0 Å². The number of benzene rings is 1. The van der Waals surface area contributed by atoms with Crippen molar-refractivity contribution >= 4 is 16.9 Å². The Morgan fingerprint density at radius 2 is 2.05 bits per heavy atom. The average Bonchev–Trinajstić information content (AvgIpc) is 2.82. The van der Waals surface area contributed by atoms with E-state index in [0.29, 0.717) is 25.4 Å². The van der Waals surface area contributed by atoms with E-state index in [-0.39, 0.29) is 5.91 Å². The maximum Gasteiger partial charge on any atom is 0.287 e. The molecule has 0 spiro atoms. The van der Waals surface area contributed by atoms with Gasteiger partial charge in [-0.2, -0.15) is 0 Å². The highest BCUT2D eigenvalue weighted by Gasteiger charge is 2.20. The lowest BCUT2D eigenvalue weighted by atomic mass is 10.1. The quantitative estimate of drug-likeness (QED) is 0.764. The predicted molar refractivity (Wildman–Crippen MR) is 84.2 cm³/mol. The van der Waals surface area contributed by atoms with Gasteiger partial charge < -0.3 is 20.4 Å². The lowest BCUT2D eigenvalue weighted by molar-refractivity contribution is 0.0925. The Balaban J connectivity index is 2.22. The fourth-order valence-corrected chi connectivity index (χ4v) is 2.31. The van der Waals surface area contributed by atoms with Crippen LogP contribution in [0.3, 0.4) is 0 Å². The van der Waals surface area contributed by atoms with E-state index in [0.717, 1.165) is 29.4 Å². The number of furan rings is 1. The van der Waals surface area contributed by atoms with E-state index in [4.69, 9.17) is 10.2 Å². The van der Waals surface area contributed by atoms with E-state index in [9.17, 15) is 4.79 Å². The van der Waals surface area contributed by atoms with Crippen molar-refractivity contribution in [2.45, 2.75) is 19.4 Å². The van der Waals surface area contributed by atoms with Crippen molar-refractivity contribution in [1.82, 2.24) is 10.2 Å². The van der Waals surface area contributed by atoms with Crippen LogP contribution in [0.25, 0.3) is 11.0 Å². The smallest absolute Gasteiger partial charge is 0.287 e. The molecule has 3 N–H and O–H groups in total. The maximum atomic E-state index is 12.3. The second kappa shape index (κ2) is 7.24. The molecule has 5 nitrogen and oxygen atoms in total. The van der Waals surface area contributed by atoms with E-state index >= 15 is 0 Å². The first-order valence-corrected chi connectivity index (χ1v) is 7.27. The van der Waals surface area contributed by atoms with Crippen molar-refractivity contribution in [2.24, 2.45) is 5.73 Å². The zero-order valence-corrected chi connectivity index (χ0v) is 12.7. The molecule has 114 valence electrons. The first-order valence-electron chi connectivity index (χ1n) is 7.27. The minimum absolute atomic E-state index is 0.153. The minimum Gasteiger partial charge on any atom is -0.451 e. The summed E-state index contributed by atoms with van der Waals surface area (Å²) in [6.45, 7) is 1.93. The summed E-state index contributed by atoms with van der Waals surface area (Å²) in [5.41, 5.74) is 7.14. The summed E-state index contributed by atoms with van der Waals surface area (Å²) in [4.78, 5) is 14.4. The number of para-hydroxylation sites is 1. The molecular formula is C16H23N3O2. The lowest BCUT2D eigenvalue weighted by Crippen LogP contribution is -2.26. The van der Waals surface area contributed by atoms with Gasteiger partial charge in [0.2, 0.25) is 0 Å². The van der Waals surface area contributed by atoms with Crippen LogP contribution in [-0.2, 0) is 6.54 Å². The number of carbonyl (C=O) groups excluding carboxylic acids is 1. The molecule has 0 atom stereocenters. The second-order valence-corrected chi connectivity index (χ2v) is 5.40. The van der Waals surface area contributed by atoms with Gasteiger partial charge in [-0.25, -0.2) is 0 Å². The molecule has 0 saturated carbocycles. The highest BCUT2D eigenvalue weighted by atomic mass is 16.3. The van der Waals surface area contributed by atoms with Gasteiger partial charge in [0.1, 0.15) is 5.58 Å². The first kappa shape index (κ1) is 15.5. The zero-order valence-electron chi connectivity index (χ0n) is 12.7. The maximum absolute atomic E-state index is 12.3. The molecule has 0 saturated heterocycles. The van der Waals surface area contributed by atoms with Crippen molar-refractivity contribution in [3.05, 3.63) is 35.6 Å². The molecule has 1 aromatic carbocycles. The number of unbranched alkanes of at least 4 members (excludes halogenated alkanes) is 1. The van der Waals surface area contributed by atoms with E-state index < -0.39 is 0 Å². The molecule has 2 aromatic rings. The van der Waals surface area contributed by atoms with Crippen LogP contribution in [0, 0.1) is 0 Å². The van der Waals surface area contributed by atoms with Gasteiger partial charge in [0.05, 0.1) is 0 Å². The molecule has 1 aromatic heterocycles. The standard InChI is InChI=1S/C16H23N3O2/c1-19(2)11-13-12-7-3-4-8-14(12)21-15(13)16(20)18-10-6-5-9-17/h3-4,7-8H,5-6,9-11,17H2,1-2H3,(H,18,20). The summed E-state index contributed by atoms with van der Waals surface area (Å²) in [7, 11) is 3.95. The van der Waals surface area contributed by atoms with Crippen LogP contribution in [-0.4, -0.2) is 38.0 Å². The van der Waals surface area contributed by atoms with Gasteiger partial charge >= 0.3 is 0 Å². The van der Waals surface area contributed by atoms with Crippen LogP contribution < -0.4 is 11.1 Å². The van der Waals surface area contributed by atoms with Gasteiger partial charge in [-0.05, 0) is 39.5 Å². The minimum atomic E-state index is -0.153. The Kier molecular flexibility index (Phi) is 5.36. The van der Waals surface area contributed by atoms with Gasteiger partial charge in [0, 0.05) is 24.0 Å². The molecular weight excluding hydrogens is 266 g/mol. The monoisotopic (exact) mass is 289 g/mol. The van der Waals surface area contributed by atoms with Crippen molar-refractivity contribution < 1.29 is 9.21 Å². The van der Waals surface area contributed by atoms with Gasteiger partial charge in [0.15, 0.2) is 5.76 Å². The normalized spacial score (nSPS) is 11.2. The van der Waals surface area contributed by atoms with E-state index in [2.05, 4.69) is 5.32 Å². The molecule has 0 aliphatic rings. The second-order valence-electron chi connectivity index (χ2n) is 5.40. The molecule has 0 bridgehead atoms. The summed E-state index contributed by atoms with van der Waals surface area (Å²) in [5, 5.41) is 3.90. The van der Waals surface area contributed by atoms with Crippen LogP contribution in [0.15, 0.2) is 28.7 Å². The number of nitrogens with one attached hydrogen (secondary N) is 1. The third kappa shape index (κ3) is 3.83. The molecule has 0 radical (unpaired) electrons. The molecule has 0 aliphatic heterocycles. The lowest BCUT2D eigenvalue weighted by Gasteiger charge is -2.10. The first-order chi connectivity index (χ1) is 10.1. The summed E-state index contributed by atoms with van der Waals surface area (Å²) >= 11 is 0. The third-order valence-electron chi connectivity index (χ3n) is 3.30. The number of hydrogen-bond acceptors (Lipinski definition) is 4. The summed E-state index contributed by atoms with van der Waals surface area (Å²) in [6.07, 6.45) is 1.79. The largest absolute Gasteiger partial charge is 0.451 e. The summed E-state index contributed by atoms with van der Waals surface area (Å²) < 4.78 is 5.76. The highest BCUT2D eigenvalue weighted by molar-refractivity contribution is 5.99. The highest BCUT2D eigenvalue weighted by Crippen LogP contribution is 2.26. The number of nitrogens with two attached hydrogens (primary N) is 1. The number of amides is 1. The molecule has 1 heterocycles. The summed E-state index contributed by atoms with van der Waals surface area (Å²) in [5.74, 6) is 0.262. The van der Waals surface area contributed by atoms with Crippen LogP contribution in [0.2, 0.25) is 0 Å². The third-order valence-corrected chi connectivity index (χ3v) is 3.30. The van der Waals surface area contributed by atoms with Crippen molar-refractivity contribution in [3.63, 3.8) is 0 Å². The number of nitrogens with zero attached hydrogens (tertiary/aromatic N) is 1. The molecule has 0 fully saturated rings. The van der Waals surface area contributed by atoms with Crippen molar-refractivity contribution in [2.75, 3.05) is 27.2 Å². The van der Waals surface area contributed by atoms with E-state index in [1.165, 1.54) is 0 Å². The van der Waals surface area contributed by atoms with E-state index in [1.54, 1.807) is 0 Å². The van der Waals surface area contributed by atoms with Gasteiger partial charge in [-0.1, -0.05) is 18.2 Å². The Morgan fingerprint density at radius 3 is 2.76 bits per heavy atom. The topological polar surface area (TPSA) is 71.5 Å². The van der Waals surface area contributed by atoms with Gasteiger partial charge in [-0.15, -0.1) is 0 Å². The molecule has 21 heavy (non-hydrogen) atoms. The average molecular weight is 289 g/mol. The van der Waals surface area contributed by atoms with Crippen LogP contribution in [0.1, 0.15) is 29.0 Å². The Bertz CT molecular complexity index is 605. The fraction of sp³-hybridized carbons (Fsp3) is 0.438. The number of rotatable bonds is 7. The molecule has 0 unspecified atom stereocenters. The van der Waals surface area contributed by atoms with Crippen molar-refractivity contribution in [3.8, 4) is 0 Å². The van der Waals surface area contributed by atoms with Gasteiger partial charge in [-0.3, -0.25) is 4.79 Å². The number of hydrogen-bond donors (Lipinski definition) is 2. The van der Waals surface area contributed by atoms with Crippen LogP contribution >= 0.6 is 0 Å². The number of carbonyl (C=O) groups is 1. The number of fused-ring (bicyclic) bond motifs is 1. The molecule has 0 aliphatic carbocycles. The van der Waals surface area contributed by atoms with E-state index in [1.807, 2.05) is 43.3 Å². The summed E-state index contributed by atoms with van der Waals surface area (Å²) in [6, 6.07) is 7.75.